The van der Waals surface area contributed by atoms with Gasteiger partial charge in [-0.2, -0.15) is 0 Å². The number of aromatic nitrogens is 2. The highest BCUT2D eigenvalue weighted by atomic mass is 16.6. The quantitative estimate of drug-likeness (QED) is 0.731. The van der Waals surface area contributed by atoms with Crippen molar-refractivity contribution in [2.45, 2.75) is 19.0 Å². The van der Waals surface area contributed by atoms with E-state index in [1.54, 1.807) is 30.7 Å². The first-order chi connectivity index (χ1) is 13.3. The smallest absolute Gasteiger partial charge is 0.251 e. The Labute approximate surface area is 157 Å². The standard InChI is InChI=1S/C21H21N3O3/c25-21(17-6-7-19-20(13-17)27-11-10-26-19)23-18(14-24-9-8-22-15-24)12-16-4-2-1-3-5-16/h1-9,13,15,18H,10-12,14H2,(H,23,25)/t18-/m1/s1. The van der Waals surface area contributed by atoms with E-state index in [9.17, 15) is 4.79 Å². The second-order valence-corrected chi connectivity index (χ2v) is 6.48. The SMILES string of the molecule is O=C(N[C@H](Cc1ccccc1)Cn1ccnc1)c1ccc2c(c1)OCCO2. The number of carbonyl (C=O) groups is 1. The van der Waals surface area contributed by atoms with Crippen molar-refractivity contribution in [2.75, 3.05) is 13.2 Å². The molecule has 1 N–H and O–H groups in total. The third-order valence-electron chi connectivity index (χ3n) is 4.45. The van der Waals surface area contributed by atoms with Gasteiger partial charge in [-0.25, -0.2) is 4.98 Å². The number of nitrogens with one attached hydrogen (secondary N) is 1. The van der Waals surface area contributed by atoms with Crippen LogP contribution in [0.2, 0.25) is 0 Å². The van der Waals surface area contributed by atoms with Crippen LogP contribution < -0.4 is 14.8 Å². The van der Waals surface area contributed by atoms with Crippen molar-refractivity contribution in [3.63, 3.8) is 0 Å². The molecule has 3 aromatic rings. The number of fused-ring (bicyclic) bond motifs is 1. The van der Waals surface area contributed by atoms with E-state index in [0.29, 0.717) is 36.8 Å². The molecule has 4 rings (SSSR count). The van der Waals surface area contributed by atoms with Crippen molar-refractivity contribution in [1.82, 2.24) is 14.9 Å². The van der Waals surface area contributed by atoms with Crippen LogP contribution in [-0.2, 0) is 13.0 Å². The molecule has 0 aliphatic carbocycles. The Morgan fingerprint density at radius 3 is 2.70 bits per heavy atom. The maximum Gasteiger partial charge on any atom is 0.251 e. The minimum atomic E-state index is -0.131. The van der Waals surface area contributed by atoms with Crippen LogP contribution in [0.1, 0.15) is 15.9 Å². The van der Waals surface area contributed by atoms with Gasteiger partial charge in [0.25, 0.3) is 5.91 Å². The number of imidazole rings is 1. The molecule has 6 nitrogen and oxygen atoms in total. The summed E-state index contributed by atoms with van der Waals surface area (Å²) in [6.45, 7) is 1.67. The number of hydrogen-bond acceptors (Lipinski definition) is 4. The van der Waals surface area contributed by atoms with Gasteiger partial charge in [-0.15, -0.1) is 0 Å². The van der Waals surface area contributed by atoms with E-state index in [2.05, 4.69) is 22.4 Å². The average Bonchev–Trinajstić information content (AvgIpc) is 3.21. The third kappa shape index (κ3) is 4.28. The van der Waals surface area contributed by atoms with Crippen LogP contribution in [-0.4, -0.2) is 34.7 Å². The van der Waals surface area contributed by atoms with Gasteiger partial charge < -0.3 is 19.4 Å². The van der Waals surface area contributed by atoms with Crippen molar-refractivity contribution >= 4 is 5.91 Å². The first-order valence-corrected chi connectivity index (χ1v) is 8.98. The van der Waals surface area contributed by atoms with Gasteiger partial charge in [0.15, 0.2) is 11.5 Å². The van der Waals surface area contributed by atoms with E-state index in [1.165, 1.54) is 5.56 Å². The van der Waals surface area contributed by atoms with Gasteiger partial charge in [-0.1, -0.05) is 30.3 Å². The number of ether oxygens (including phenoxy) is 2. The highest BCUT2D eigenvalue weighted by Crippen LogP contribution is 2.30. The second kappa shape index (κ2) is 7.95. The molecule has 0 saturated heterocycles. The molecule has 1 atom stereocenters. The molecule has 2 heterocycles. The van der Waals surface area contributed by atoms with E-state index in [0.717, 1.165) is 6.42 Å². The molecule has 1 aliphatic rings. The predicted octanol–water partition coefficient (Wildman–Crippen LogP) is 2.70. The zero-order chi connectivity index (χ0) is 18.5. The normalized spacial score (nSPS) is 13.8. The maximum atomic E-state index is 12.8. The number of nitrogens with zero attached hydrogens (tertiary/aromatic N) is 2. The van der Waals surface area contributed by atoms with Gasteiger partial charge in [0.2, 0.25) is 0 Å². The Balaban J connectivity index is 1.50. The van der Waals surface area contributed by atoms with Crippen LogP contribution in [0, 0.1) is 0 Å². The van der Waals surface area contributed by atoms with Crippen LogP contribution in [0.25, 0.3) is 0 Å². The summed E-state index contributed by atoms with van der Waals surface area (Å²) in [7, 11) is 0. The van der Waals surface area contributed by atoms with Crippen LogP contribution >= 0.6 is 0 Å². The Kier molecular flexibility index (Phi) is 5.05. The lowest BCUT2D eigenvalue weighted by molar-refractivity contribution is 0.0931. The lowest BCUT2D eigenvalue weighted by Crippen LogP contribution is -2.39. The number of rotatable bonds is 6. The molecule has 0 saturated carbocycles. The van der Waals surface area contributed by atoms with Gasteiger partial charge in [0.1, 0.15) is 13.2 Å². The number of carbonyl (C=O) groups excluding carboxylic acids is 1. The summed E-state index contributed by atoms with van der Waals surface area (Å²) in [6.07, 6.45) is 6.12. The highest BCUT2D eigenvalue weighted by molar-refractivity contribution is 5.95. The Morgan fingerprint density at radius 1 is 1.11 bits per heavy atom. The zero-order valence-electron chi connectivity index (χ0n) is 14.9. The fourth-order valence-corrected chi connectivity index (χ4v) is 3.16. The zero-order valence-corrected chi connectivity index (χ0v) is 14.9. The Morgan fingerprint density at radius 2 is 1.93 bits per heavy atom. The predicted molar refractivity (Wildman–Crippen MR) is 101 cm³/mol. The molecule has 6 heteroatoms. The van der Waals surface area contributed by atoms with E-state index in [4.69, 9.17) is 9.47 Å². The average molecular weight is 363 g/mol. The lowest BCUT2D eigenvalue weighted by Gasteiger charge is -2.21. The van der Waals surface area contributed by atoms with Crippen LogP contribution in [0.3, 0.4) is 0 Å². The molecular weight excluding hydrogens is 342 g/mol. The molecule has 1 amide bonds. The summed E-state index contributed by atoms with van der Waals surface area (Å²) >= 11 is 0. The molecule has 2 aromatic carbocycles. The fourth-order valence-electron chi connectivity index (χ4n) is 3.16. The van der Waals surface area contributed by atoms with Crippen LogP contribution in [0.5, 0.6) is 11.5 Å². The first kappa shape index (κ1) is 17.1. The monoisotopic (exact) mass is 363 g/mol. The van der Waals surface area contributed by atoms with Gasteiger partial charge in [-0.3, -0.25) is 4.79 Å². The first-order valence-electron chi connectivity index (χ1n) is 8.98. The summed E-state index contributed by atoms with van der Waals surface area (Å²) in [6, 6.07) is 15.4. The van der Waals surface area contributed by atoms with Crippen LogP contribution in [0.4, 0.5) is 0 Å². The van der Waals surface area contributed by atoms with E-state index >= 15 is 0 Å². The topological polar surface area (TPSA) is 65.4 Å². The molecule has 1 aromatic heterocycles. The van der Waals surface area contributed by atoms with Crippen molar-refractivity contribution in [3.05, 3.63) is 78.4 Å². The number of hydrogen-bond donors (Lipinski definition) is 1. The Bertz CT molecular complexity index is 894. The van der Waals surface area contributed by atoms with E-state index in [-0.39, 0.29) is 11.9 Å². The second-order valence-electron chi connectivity index (χ2n) is 6.48. The lowest BCUT2D eigenvalue weighted by atomic mass is 10.0. The molecule has 138 valence electrons. The largest absolute Gasteiger partial charge is 0.486 e. The fraction of sp³-hybridized carbons (Fsp3) is 0.238. The molecule has 0 bridgehead atoms. The molecule has 27 heavy (non-hydrogen) atoms. The van der Waals surface area contributed by atoms with Gasteiger partial charge in [-0.05, 0) is 30.2 Å². The summed E-state index contributed by atoms with van der Waals surface area (Å²) in [5, 5.41) is 3.14. The van der Waals surface area contributed by atoms with E-state index in [1.807, 2.05) is 29.0 Å². The molecular formula is C21H21N3O3. The van der Waals surface area contributed by atoms with Crippen molar-refractivity contribution in [2.24, 2.45) is 0 Å². The molecule has 0 unspecified atom stereocenters. The minimum Gasteiger partial charge on any atom is -0.486 e. The number of benzene rings is 2. The van der Waals surface area contributed by atoms with Gasteiger partial charge in [0.05, 0.1) is 12.4 Å². The van der Waals surface area contributed by atoms with Gasteiger partial charge in [0, 0.05) is 24.5 Å². The summed E-state index contributed by atoms with van der Waals surface area (Å²) in [5.41, 5.74) is 1.73. The molecule has 0 radical (unpaired) electrons. The summed E-state index contributed by atoms with van der Waals surface area (Å²) in [4.78, 5) is 16.9. The molecule has 1 aliphatic heterocycles. The third-order valence-corrected chi connectivity index (χ3v) is 4.45. The van der Waals surface area contributed by atoms with E-state index < -0.39 is 0 Å². The van der Waals surface area contributed by atoms with Crippen molar-refractivity contribution in [3.8, 4) is 11.5 Å². The number of amides is 1. The minimum absolute atomic E-state index is 0.0673. The van der Waals surface area contributed by atoms with Crippen LogP contribution in [0.15, 0.2) is 67.3 Å². The maximum absolute atomic E-state index is 12.8. The van der Waals surface area contributed by atoms with Gasteiger partial charge >= 0.3 is 0 Å². The summed E-state index contributed by atoms with van der Waals surface area (Å²) < 4.78 is 13.1. The molecule has 0 spiro atoms. The van der Waals surface area contributed by atoms with Crippen molar-refractivity contribution < 1.29 is 14.3 Å². The van der Waals surface area contributed by atoms with Crippen molar-refractivity contribution in [1.29, 1.82) is 0 Å². The Hall–Kier alpha value is -3.28. The summed E-state index contributed by atoms with van der Waals surface area (Å²) in [5.74, 6) is 1.16. The highest BCUT2D eigenvalue weighted by Gasteiger charge is 2.18. The molecule has 0 fully saturated rings.